The summed E-state index contributed by atoms with van der Waals surface area (Å²) in [6.07, 6.45) is 0.157. The lowest BCUT2D eigenvalue weighted by Crippen LogP contribution is -2.34. The van der Waals surface area contributed by atoms with Gasteiger partial charge in [0.25, 0.3) is 0 Å². The molecule has 0 spiro atoms. The van der Waals surface area contributed by atoms with Crippen molar-refractivity contribution in [2.24, 2.45) is 0 Å². The van der Waals surface area contributed by atoms with E-state index in [1.54, 1.807) is 23.1 Å². The molecule has 0 radical (unpaired) electrons. The predicted molar refractivity (Wildman–Crippen MR) is 86.6 cm³/mol. The van der Waals surface area contributed by atoms with E-state index in [9.17, 15) is 13.2 Å². The second-order valence-electron chi connectivity index (χ2n) is 4.65. The first-order valence-corrected chi connectivity index (χ1v) is 9.13. The highest BCUT2D eigenvalue weighted by Crippen LogP contribution is 2.22. The van der Waals surface area contributed by atoms with E-state index in [-0.39, 0.29) is 23.8 Å². The molecule has 0 aliphatic heterocycles. The molecule has 0 heterocycles. The van der Waals surface area contributed by atoms with Gasteiger partial charge in [-0.3, -0.25) is 4.79 Å². The summed E-state index contributed by atoms with van der Waals surface area (Å²) in [7, 11) is -3.61. The van der Waals surface area contributed by atoms with Gasteiger partial charge < -0.3 is 4.90 Å². The van der Waals surface area contributed by atoms with E-state index < -0.39 is 10.0 Å². The minimum atomic E-state index is -3.61. The van der Waals surface area contributed by atoms with Gasteiger partial charge in [-0.05, 0) is 54.4 Å². The third-order valence-corrected chi connectivity index (χ3v) is 5.56. The van der Waals surface area contributed by atoms with Gasteiger partial charge >= 0.3 is 0 Å². The zero-order valence-corrected chi connectivity index (χ0v) is 14.9. The number of sulfonamides is 1. The van der Waals surface area contributed by atoms with Crippen LogP contribution in [0.3, 0.4) is 0 Å². The highest BCUT2D eigenvalue weighted by atomic mass is 79.9. The van der Waals surface area contributed by atoms with E-state index in [4.69, 9.17) is 0 Å². The van der Waals surface area contributed by atoms with Crippen LogP contribution in [0.1, 0.15) is 25.8 Å². The van der Waals surface area contributed by atoms with Crippen LogP contribution in [0.5, 0.6) is 0 Å². The summed E-state index contributed by atoms with van der Waals surface area (Å²) in [5.41, 5.74) is 0.970. The zero-order valence-electron chi connectivity index (χ0n) is 12.5. The average molecular weight is 377 g/mol. The number of carbonyl (C=O) groups is 1. The maximum absolute atomic E-state index is 12.2. The van der Waals surface area contributed by atoms with Gasteiger partial charge in [-0.25, -0.2) is 13.1 Å². The van der Waals surface area contributed by atoms with E-state index in [2.05, 4.69) is 20.7 Å². The van der Waals surface area contributed by atoms with Crippen LogP contribution < -0.4 is 4.72 Å². The van der Waals surface area contributed by atoms with E-state index in [1.165, 1.54) is 0 Å². The molecule has 0 aromatic heterocycles. The van der Waals surface area contributed by atoms with Gasteiger partial charge in [0.05, 0.1) is 4.90 Å². The Kier molecular flexibility index (Phi) is 6.83. The molecule has 5 nitrogen and oxygen atoms in total. The SMILES string of the molecule is CCN(CC)C(=O)CCNS(=O)(=O)c1ccc(C)cc1Br. The molecule has 0 aliphatic carbocycles. The Hall–Kier alpha value is -0.920. The van der Waals surface area contributed by atoms with Crippen LogP contribution >= 0.6 is 15.9 Å². The number of nitrogens with zero attached hydrogens (tertiary/aromatic N) is 1. The molecule has 7 heteroatoms. The Morgan fingerprint density at radius 1 is 1.29 bits per heavy atom. The summed E-state index contributed by atoms with van der Waals surface area (Å²) >= 11 is 3.26. The van der Waals surface area contributed by atoms with E-state index in [0.29, 0.717) is 17.6 Å². The summed E-state index contributed by atoms with van der Waals surface area (Å²) in [5, 5.41) is 0. The number of amides is 1. The molecule has 1 rings (SSSR count). The summed E-state index contributed by atoms with van der Waals surface area (Å²) in [6.45, 7) is 7.04. The smallest absolute Gasteiger partial charge is 0.241 e. The first-order valence-electron chi connectivity index (χ1n) is 6.85. The molecule has 1 aromatic rings. The fourth-order valence-corrected chi connectivity index (χ4v) is 4.15. The van der Waals surface area contributed by atoms with Crippen molar-refractivity contribution in [1.29, 1.82) is 0 Å². The Bertz CT molecular complexity index is 598. The van der Waals surface area contributed by atoms with Crippen LogP contribution in [0.2, 0.25) is 0 Å². The fraction of sp³-hybridized carbons (Fsp3) is 0.500. The molecule has 118 valence electrons. The first kappa shape index (κ1) is 18.1. The third-order valence-electron chi connectivity index (χ3n) is 3.12. The Morgan fingerprint density at radius 2 is 1.90 bits per heavy atom. The monoisotopic (exact) mass is 376 g/mol. The second-order valence-corrected chi connectivity index (χ2v) is 7.24. The van der Waals surface area contributed by atoms with E-state index in [1.807, 2.05) is 20.8 Å². The Balaban J connectivity index is 2.68. The van der Waals surface area contributed by atoms with E-state index in [0.717, 1.165) is 5.56 Å². The highest BCUT2D eigenvalue weighted by Gasteiger charge is 2.18. The number of hydrogen-bond acceptors (Lipinski definition) is 3. The van der Waals surface area contributed by atoms with Crippen LogP contribution in [0.25, 0.3) is 0 Å². The minimum Gasteiger partial charge on any atom is -0.343 e. The number of hydrogen-bond donors (Lipinski definition) is 1. The van der Waals surface area contributed by atoms with Crippen molar-refractivity contribution >= 4 is 31.9 Å². The Morgan fingerprint density at radius 3 is 2.43 bits per heavy atom. The standard InChI is InChI=1S/C14H21BrN2O3S/c1-4-17(5-2)14(18)8-9-16-21(19,20)13-7-6-11(3)10-12(13)15/h6-7,10,16H,4-5,8-9H2,1-3H3. The largest absolute Gasteiger partial charge is 0.343 e. The van der Waals surface area contributed by atoms with Gasteiger partial charge in [-0.1, -0.05) is 6.07 Å². The molecule has 0 bridgehead atoms. The van der Waals surface area contributed by atoms with Crippen LogP contribution in [-0.2, 0) is 14.8 Å². The first-order chi connectivity index (χ1) is 9.81. The molecule has 0 saturated heterocycles. The van der Waals surface area contributed by atoms with Crippen molar-refractivity contribution in [2.75, 3.05) is 19.6 Å². The lowest BCUT2D eigenvalue weighted by molar-refractivity contribution is -0.130. The highest BCUT2D eigenvalue weighted by molar-refractivity contribution is 9.10. The van der Waals surface area contributed by atoms with Crippen LogP contribution in [0.15, 0.2) is 27.6 Å². The molecule has 0 aliphatic rings. The van der Waals surface area contributed by atoms with Gasteiger partial charge in [0.1, 0.15) is 0 Å². The summed E-state index contributed by atoms with van der Waals surface area (Å²) in [6, 6.07) is 5.03. The van der Waals surface area contributed by atoms with Gasteiger partial charge in [0.2, 0.25) is 15.9 Å². The molecule has 0 saturated carbocycles. The molecule has 21 heavy (non-hydrogen) atoms. The van der Waals surface area contributed by atoms with Gasteiger partial charge in [0, 0.05) is 30.5 Å². The maximum atomic E-state index is 12.2. The summed E-state index contributed by atoms with van der Waals surface area (Å²) < 4.78 is 27.4. The van der Waals surface area contributed by atoms with Gasteiger partial charge in [0.15, 0.2) is 0 Å². The lowest BCUT2D eigenvalue weighted by atomic mass is 10.2. The predicted octanol–water partition coefficient (Wildman–Crippen LogP) is 2.29. The number of nitrogens with one attached hydrogen (secondary N) is 1. The quantitative estimate of drug-likeness (QED) is 0.793. The van der Waals surface area contributed by atoms with Crippen molar-refractivity contribution in [2.45, 2.75) is 32.1 Å². The second kappa shape index (κ2) is 7.91. The fourth-order valence-electron chi connectivity index (χ4n) is 1.93. The molecule has 1 N–H and O–H groups in total. The number of rotatable bonds is 7. The van der Waals surface area contributed by atoms with Crippen molar-refractivity contribution in [3.05, 3.63) is 28.2 Å². The molecule has 1 amide bonds. The van der Waals surface area contributed by atoms with Crippen LogP contribution in [0, 0.1) is 6.92 Å². The van der Waals surface area contributed by atoms with Crippen molar-refractivity contribution < 1.29 is 13.2 Å². The molecular formula is C14H21BrN2O3S. The number of benzene rings is 1. The van der Waals surface area contributed by atoms with Gasteiger partial charge in [-0.15, -0.1) is 0 Å². The Labute approximate surface area is 134 Å². The minimum absolute atomic E-state index is 0.0503. The molecule has 1 aromatic carbocycles. The summed E-state index contributed by atoms with van der Waals surface area (Å²) in [5.74, 6) is -0.0503. The van der Waals surface area contributed by atoms with Crippen LogP contribution in [0.4, 0.5) is 0 Å². The van der Waals surface area contributed by atoms with Crippen molar-refractivity contribution in [1.82, 2.24) is 9.62 Å². The third kappa shape index (κ3) is 5.09. The lowest BCUT2D eigenvalue weighted by Gasteiger charge is -2.18. The van der Waals surface area contributed by atoms with Crippen molar-refractivity contribution in [3.63, 3.8) is 0 Å². The molecule has 0 unspecified atom stereocenters. The van der Waals surface area contributed by atoms with E-state index >= 15 is 0 Å². The summed E-state index contributed by atoms with van der Waals surface area (Å²) in [4.78, 5) is 13.7. The molecule has 0 atom stereocenters. The van der Waals surface area contributed by atoms with Crippen LogP contribution in [-0.4, -0.2) is 38.9 Å². The molecular weight excluding hydrogens is 356 g/mol. The zero-order chi connectivity index (χ0) is 16.0. The molecule has 0 fully saturated rings. The number of carbonyl (C=O) groups excluding carboxylic acids is 1. The number of aryl methyl sites for hydroxylation is 1. The van der Waals surface area contributed by atoms with Crippen molar-refractivity contribution in [3.8, 4) is 0 Å². The van der Waals surface area contributed by atoms with Gasteiger partial charge in [-0.2, -0.15) is 0 Å². The average Bonchev–Trinajstić information content (AvgIpc) is 2.39. The topological polar surface area (TPSA) is 66.5 Å². The maximum Gasteiger partial charge on any atom is 0.241 e. The normalized spacial score (nSPS) is 11.4. The number of halogens is 1.